The summed E-state index contributed by atoms with van der Waals surface area (Å²) in [6, 6.07) is 0. The number of nitrogens with zero attached hydrogens (tertiary/aromatic N) is 3. The third-order valence-electron chi connectivity index (χ3n) is 2.85. The molecule has 7 heteroatoms. The highest BCUT2D eigenvalue weighted by Gasteiger charge is 2.08. The van der Waals surface area contributed by atoms with E-state index in [9.17, 15) is 0 Å². The number of guanidine groups is 1. The first-order chi connectivity index (χ1) is 8.95. The third kappa shape index (κ3) is 5.70. The van der Waals surface area contributed by atoms with Gasteiger partial charge in [0.05, 0.1) is 18.8 Å². The lowest BCUT2D eigenvalue weighted by Gasteiger charge is -2.10. The van der Waals surface area contributed by atoms with Crippen LogP contribution in [0.3, 0.4) is 0 Å². The topological polar surface area (TPSA) is 54.2 Å². The van der Waals surface area contributed by atoms with Gasteiger partial charge in [0.1, 0.15) is 0 Å². The first kappa shape index (κ1) is 19.2. The summed E-state index contributed by atoms with van der Waals surface area (Å²) in [7, 11) is 1.94. The minimum atomic E-state index is 0. The van der Waals surface area contributed by atoms with E-state index < -0.39 is 0 Å². The molecule has 1 heterocycles. The van der Waals surface area contributed by atoms with E-state index in [1.807, 2.05) is 32.5 Å². The normalized spacial score (nSPS) is 10.9. The number of nitrogens with one attached hydrogen (secondary N) is 2. The number of aromatic nitrogens is 2. The van der Waals surface area contributed by atoms with Gasteiger partial charge in [-0.15, -0.1) is 24.0 Å². The van der Waals surface area contributed by atoms with Crippen molar-refractivity contribution in [2.24, 2.45) is 12.0 Å². The SMILES string of the molecule is C=C(Cl)CNC(=NCc1c(C)nn(C)c1C)NCC.I. The van der Waals surface area contributed by atoms with Crippen molar-refractivity contribution >= 4 is 41.5 Å². The molecule has 0 aliphatic heterocycles. The second kappa shape index (κ2) is 9.23. The summed E-state index contributed by atoms with van der Waals surface area (Å²) in [5.41, 5.74) is 3.31. The molecule has 0 bridgehead atoms. The highest BCUT2D eigenvalue weighted by Crippen LogP contribution is 2.12. The van der Waals surface area contributed by atoms with Crippen molar-refractivity contribution in [2.45, 2.75) is 27.3 Å². The highest BCUT2D eigenvalue weighted by molar-refractivity contribution is 14.0. The Labute approximate surface area is 142 Å². The predicted molar refractivity (Wildman–Crippen MR) is 95.9 cm³/mol. The molecule has 0 radical (unpaired) electrons. The fourth-order valence-electron chi connectivity index (χ4n) is 1.73. The fraction of sp³-hybridized carbons (Fsp3) is 0.538. The molecular formula is C13H23ClIN5. The van der Waals surface area contributed by atoms with Gasteiger partial charge in [-0.2, -0.15) is 5.10 Å². The van der Waals surface area contributed by atoms with E-state index in [0.717, 1.165) is 29.5 Å². The molecule has 0 fully saturated rings. The molecule has 0 amide bonds. The van der Waals surface area contributed by atoms with Crippen molar-refractivity contribution in [3.63, 3.8) is 0 Å². The van der Waals surface area contributed by atoms with Crippen LogP contribution in [0.5, 0.6) is 0 Å². The molecule has 1 aromatic rings. The molecule has 1 aromatic heterocycles. The Morgan fingerprint density at radius 1 is 1.40 bits per heavy atom. The van der Waals surface area contributed by atoms with E-state index in [2.05, 4.69) is 27.3 Å². The van der Waals surface area contributed by atoms with Crippen LogP contribution in [0.15, 0.2) is 16.6 Å². The lowest BCUT2D eigenvalue weighted by atomic mass is 10.2. The van der Waals surface area contributed by atoms with Crippen LogP contribution < -0.4 is 10.6 Å². The first-order valence-electron chi connectivity index (χ1n) is 6.30. The second-order valence-electron chi connectivity index (χ2n) is 4.34. The van der Waals surface area contributed by atoms with Gasteiger partial charge in [0.25, 0.3) is 0 Å². The smallest absolute Gasteiger partial charge is 0.191 e. The van der Waals surface area contributed by atoms with Crippen LogP contribution in [0.25, 0.3) is 0 Å². The number of rotatable bonds is 5. The molecule has 20 heavy (non-hydrogen) atoms. The van der Waals surface area contributed by atoms with E-state index in [4.69, 9.17) is 11.6 Å². The Bertz CT molecular complexity index is 481. The van der Waals surface area contributed by atoms with Crippen LogP contribution in [0, 0.1) is 13.8 Å². The molecule has 0 aliphatic rings. The van der Waals surface area contributed by atoms with Gasteiger partial charge in [0, 0.05) is 29.9 Å². The summed E-state index contributed by atoms with van der Waals surface area (Å²) in [5, 5.41) is 11.2. The summed E-state index contributed by atoms with van der Waals surface area (Å²) in [6.07, 6.45) is 0. The summed E-state index contributed by atoms with van der Waals surface area (Å²) in [4.78, 5) is 4.53. The second-order valence-corrected chi connectivity index (χ2v) is 4.87. The van der Waals surface area contributed by atoms with E-state index in [1.165, 1.54) is 0 Å². The fourth-order valence-corrected chi connectivity index (χ4v) is 1.79. The molecule has 0 spiro atoms. The maximum atomic E-state index is 5.74. The largest absolute Gasteiger partial charge is 0.357 e. The van der Waals surface area contributed by atoms with Gasteiger partial charge in [0.2, 0.25) is 0 Å². The molecule has 0 unspecified atom stereocenters. The van der Waals surface area contributed by atoms with Crippen LogP contribution >= 0.6 is 35.6 Å². The van der Waals surface area contributed by atoms with E-state index in [-0.39, 0.29) is 24.0 Å². The number of hydrogen-bond donors (Lipinski definition) is 2. The quantitative estimate of drug-likeness (QED) is 0.445. The lowest BCUT2D eigenvalue weighted by Crippen LogP contribution is -2.37. The van der Waals surface area contributed by atoms with Gasteiger partial charge in [-0.05, 0) is 20.8 Å². The van der Waals surface area contributed by atoms with E-state index >= 15 is 0 Å². The Kier molecular flexibility index (Phi) is 8.88. The lowest BCUT2D eigenvalue weighted by molar-refractivity contribution is 0.730. The van der Waals surface area contributed by atoms with Crippen LogP contribution in [-0.4, -0.2) is 28.8 Å². The summed E-state index contributed by atoms with van der Waals surface area (Å²) >= 11 is 5.74. The average molecular weight is 412 g/mol. The van der Waals surface area contributed by atoms with E-state index in [1.54, 1.807) is 0 Å². The summed E-state index contributed by atoms with van der Waals surface area (Å²) in [6.45, 7) is 11.6. The minimum Gasteiger partial charge on any atom is -0.357 e. The van der Waals surface area contributed by atoms with Crippen LogP contribution in [0.1, 0.15) is 23.9 Å². The molecule has 0 saturated heterocycles. The van der Waals surface area contributed by atoms with Gasteiger partial charge in [-0.1, -0.05) is 18.2 Å². The van der Waals surface area contributed by atoms with Crippen LogP contribution in [0.2, 0.25) is 0 Å². The molecule has 0 aromatic carbocycles. The monoisotopic (exact) mass is 411 g/mol. The number of aryl methyl sites for hydroxylation is 2. The maximum absolute atomic E-state index is 5.74. The van der Waals surface area contributed by atoms with Crippen molar-refractivity contribution in [2.75, 3.05) is 13.1 Å². The number of halogens is 2. The van der Waals surface area contributed by atoms with Crippen molar-refractivity contribution in [1.82, 2.24) is 20.4 Å². The number of hydrogen-bond acceptors (Lipinski definition) is 2. The average Bonchev–Trinajstić information content (AvgIpc) is 2.58. The molecule has 114 valence electrons. The van der Waals surface area contributed by atoms with Gasteiger partial charge < -0.3 is 10.6 Å². The summed E-state index contributed by atoms with van der Waals surface area (Å²) < 4.78 is 1.88. The summed E-state index contributed by atoms with van der Waals surface area (Å²) in [5.74, 6) is 0.729. The Hall–Kier alpha value is -0.760. The van der Waals surface area contributed by atoms with Crippen LogP contribution in [-0.2, 0) is 13.6 Å². The van der Waals surface area contributed by atoms with Gasteiger partial charge in [0.15, 0.2) is 5.96 Å². The van der Waals surface area contributed by atoms with Crippen LogP contribution in [0.4, 0.5) is 0 Å². The zero-order valence-corrected chi connectivity index (χ0v) is 15.5. The Morgan fingerprint density at radius 3 is 2.50 bits per heavy atom. The van der Waals surface area contributed by atoms with Crippen molar-refractivity contribution in [3.05, 3.63) is 28.6 Å². The van der Waals surface area contributed by atoms with E-state index in [0.29, 0.717) is 18.1 Å². The Balaban J connectivity index is 0.00000361. The molecule has 0 saturated carbocycles. The zero-order valence-electron chi connectivity index (χ0n) is 12.5. The van der Waals surface area contributed by atoms with Gasteiger partial charge >= 0.3 is 0 Å². The molecular weight excluding hydrogens is 389 g/mol. The third-order valence-corrected chi connectivity index (χ3v) is 2.98. The van der Waals surface area contributed by atoms with Crippen molar-refractivity contribution in [3.8, 4) is 0 Å². The molecule has 0 aliphatic carbocycles. The molecule has 1 rings (SSSR count). The standard InChI is InChI=1S/C13H22ClN5.HI/c1-6-15-13(16-7-9(2)14)17-8-12-10(3)18-19(5)11(12)4;/h2,6-8H2,1,3-5H3,(H2,15,16,17);1H. The molecule has 2 N–H and O–H groups in total. The zero-order chi connectivity index (χ0) is 14.4. The Morgan fingerprint density at radius 2 is 2.05 bits per heavy atom. The van der Waals surface area contributed by atoms with Gasteiger partial charge in [-0.25, -0.2) is 4.99 Å². The molecule has 0 atom stereocenters. The van der Waals surface area contributed by atoms with Gasteiger partial charge in [-0.3, -0.25) is 4.68 Å². The predicted octanol–water partition coefficient (Wildman–Crippen LogP) is 2.46. The highest BCUT2D eigenvalue weighted by atomic mass is 127. The minimum absolute atomic E-state index is 0. The van der Waals surface area contributed by atoms with Crippen molar-refractivity contribution in [1.29, 1.82) is 0 Å². The van der Waals surface area contributed by atoms with Crippen molar-refractivity contribution < 1.29 is 0 Å². The first-order valence-corrected chi connectivity index (χ1v) is 6.68. The molecule has 5 nitrogen and oxygen atoms in total. The number of aliphatic imine (C=N–C) groups is 1. The maximum Gasteiger partial charge on any atom is 0.191 e.